The molecule has 0 heterocycles. The van der Waals surface area contributed by atoms with Crippen molar-refractivity contribution in [1.29, 1.82) is 0 Å². The molecule has 6 aromatic rings. The van der Waals surface area contributed by atoms with Gasteiger partial charge in [-0.3, -0.25) is 0 Å². The molecule has 0 bridgehead atoms. The van der Waals surface area contributed by atoms with Gasteiger partial charge in [-0.25, -0.2) is 0 Å². The van der Waals surface area contributed by atoms with Crippen LogP contribution in [0.5, 0.6) is 0 Å². The van der Waals surface area contributed by atoms with E-state index in [-0.39, 0.29) is 30.2 Å². The minimum absolute atomic E-state index is 0. The fourth-order valence-electron chi connectivity index (χ4n) is 5.08. The van der Waals surface area contributed by atoms with Crippen molar-refractivity contribution in [3.05, 3.63) is 138 Å². The topological polar surface area (TPSA) is 0 Å². The first-order chi connectivity index (χ1) is 18.0. The van der Waals surface area contributed by atoms with Crippen LogP contribution >= 0.6 is 0 Å². The van der Waals surface area contributed by atoms with E-state index in [2.05, 4.69) is 135 Å². The van der Waals surface area contributed by atoms with Crippen molar-refractivity contribution >= 4 is 27.0 Å². The van der Waals surface area contributed by atoms with E-state index in [4.69, 9.17) is 0 Å². The first-order valence-electron chi connectivity index (χ1n) is 12.7. The number of benzene rings is 5. The van der Waals surface area contributed by atoms with Crippen LogP contribution in [0.25, 0.3) is 43.8 Å². The summed E-state index contributed by atoms with van der Waals surface area (Å²) in [4.78, 5) is 0. The van der Waals surface area contributed by atoms with E-state index < -0.39 is 0 Å². The molecule has 7 rings (SSSR count). The van der Waals surface area contributed by atoms with Gasteiger partial charge in [0.05, 0.1) is 0 Å². The second-order valence-corrected chi connectivity index (χ2v) is 19.1. The quantitative estimate of drug-likeness (QED) is 0.190. The minimum Gasteiger partial charge on any atom is -1.00 e. The molecule has 0 amide bonds. The van der Waals surface area contributed by atoms with Gasteiger partial charge in [-0.2, -0.15) is 35.9 Å². The van der Waals surface area contributed by atoms with Gasteiger partial charge in [-0.1, -0.05) is 96.4 Å². The van der Waals surface area contributed by atoms with Gasteiger partial charge in [0, 0.05) is 0 Å². The molecule has 194 valence electrons. The van der Waals surface area contributed by atoms with Crippen LogP contribution in [0.4, 0.5) is 0 Å². The summed E-state index contributed by atoms with van der Waals surface area (Å²) in [5, 5.41) is 5.29. The predicted octanol–water partition coefficient (Wildman–Crippen LogP) is 3.54. The molecule has 0 spiro atoms. The zero-order valence-electron chi connectivity index (χ0n) is 22.4. The first kappa shape index (κ1) is 31.2. The third-order valence-electron chi connectivity index (χ3n) is 6.59. The number of fused-ring (bicyclic) bond motifs is 5. The molecule has 6 aromatic carbocycles. The maximum atomic E-state index is 3.30. The summed E-state index contributed by atoms with van der Waals surface area (Å²) in [6.07, 6.45) is 1.05. The maximum Gasteiger partial charge on any atom is -0.0114 e. The third-order valence-corrected chi connectivity index (χ3v) is 6.59. The van der Waals surface area contributed by atoms with Crippen LogP contribution in [0.15, 0.2) is 115 Å². The summed E-state index contributed by atoms with van der Waals surface area (Å²) >= 11 is 1.74. The Kier molecular flexibility index (Phi) is 11.5. The SMILES string of the molecule is C[Si](C)=[Zr+2].Cc1cc2c(-c3cccc4ccccc34)cccc2[cH-]1.[Cl-].[Cl-].[c-]1cccc2c1Cc1ccccc1-2. The molecule has 0 saturated carbocycles. The van der Waals surface area contributed by atoms with Crippen LogP contribution in [0.1, 0.15) is 16.7 Å². The van der Waals surface area contributed by atoms with Crippen LogP contribution in [-0.2, 0) is 29.8 Å². The third kappa shape index (κ3) is 7.24. The Morgan fingerprint density at radius 3 is 2.08 bits per heavy atom. The smallest absolute Gasteiger partial charge is 0.0114 e. The van der Waals surface area contributed by atoms with Crippen molar-refractivity contribution in [1.82, 2.24) is 0 Å². The summed E-state index contributed by atoms with van der Waals surface area (Å²) in [5.74, 6) is 0. The Labute approximate surface area is 260 Å². The zero-order chi connectivity index (χ0) is 25.8. The Morgan fingerprint density at radius 1 is 0.692 bits per heavy atom. The van der Waals surface area contributed by atoms with E-state index >= 15 is 0 Å². The van der Waals surface area contributed by atoms with Gasteiger partial charge in [-0.15, -0.1) is 40.1 Å². The standard InChI is InChI=1S/C20H15.C13H9.C2H6Si.2ClH.Zr/c1-14-12-16-8-5-11-19(20(16)13-14)18-10-4-7-15-6-2-3-9-17(15)18;1-3-7-12-10(5-1)9-11-6-2-4-8-13(11)12;1-3-2;;;/h2-13H,1H3;1-5,7-8H,9H2;1-2H3;2*1H;/q2*-1;;;;+2/p-2. The van der Waals surface area contributed by atoms with Crippen molar-refractivity contribution in [3.63, 3.8) is 0 Å². The zero-order valence-corrected chi connectivity index (χ0v) is 27.4. The van der Waals surface area contributed by atoms with Crippen molar-refractivity contribution in [2.75, 3.05) is 0 Å². The summed E-state index contributed by atoms with van der Waals surface area (Å²) < 4.78 is 0. The molecule has 0 unspecified atom stereocenters. The molecular weight excluding hydrogens is 611 g/mol. The molecule has 39 heavy (non-hydrogen) atoms. The number of halogens is 2. The average Bonchev–Trinajstić information content (AvgIpc) is 3.48. The maximum absolute atomic E-state index is 3.30. The molecule has 0 aromatic heterocycles. The summed E-state index contributed by atoms with van der Waals surface area (Å²) in [5.41, 5.74) is 9.69. The summed E-state index contributed by atoms with van der Waals surface area (Å²) in [6, 6.07) is 44.4. The fourth-order valence-corrected chi connectivity index (χ4v) is 5.08. The Morgan fingerprint density at radius 2 is 1.28 bits per heavy atom. The van der Waals surface area contributed by atoms with Crippen molar-refractivity contribution < 1.29 is 48.1 Å². The first-order valence-corrected chi connectivity index (χ1v) is 18.9. The Balaban J connectivity index is 0.000000192. The summed E-state index contributed by atoms with van der Waals surface area (Å²) in [7, 11) is 0. The van der Waals surface area contributed by atoms with Crippen LogP contribution in [0, 0.1) is 13.0 Å². The van der Waals surface area contributed by atoms with Crippen molar-refractivity contribution in [2.24, 2.45) is 0 Å². The number of aryl methyl sites for hydroxylation is 1. The van der Waals surface area contributed by atoms with Crippen LogP contribution in [0.2, 0.25) is 13.1 Å². The van der Waals surface area contributed by atoms with Crippen molar-refractivity contribution in [2.45, 2.75) is 26.4 Å². The largest absolute Gasteiger partial charge is 1.00 e. The molecule has 0 radical (unpaired) electrons. The molecular formula is C35H30Cl2SiZr-2. The van der Waals surface area contributed by atoms with E-state index in [0.717, 1.165) is 6.42 Å². The van der Waals surface area contributed by atoms with Gasteiger partial charge in [0.25, 0.3) is 0 Å². The van der Waals surface area contributed by atoms with Gasteiger partial charge in [0.15, 0.2) is 0 Å². The van der Waals surface area contributed by atoms with Gasteiger partial charge in [0.1, 0.15) is 0 Å². The molecule has 0 atom stereocenters. The van der Waals surface area contributed by atoms with Gasteiger partial charge in [0.2, 0.25) is 0 Å². The van der Waals surface area contributed by atoms with Gasteiger partial charge in [-0.05, 0) is 22.8 Å². The number of hydrogen-bond donors (Lipinski definition) is 0. The molecule has 0 nitrogen and oxygen atoms in total. The molecule has 0 fully saturated rings. The van der Waals surface area contributed by atoms with E-state index in [1.165, 1.54) is 60.5 Å². The van der Waals surface area contributed by atoms with Gasteiger partial charge >= 0.3 is 41.9 Å². The van der Waals surface area contributed by atoms with E-state index in [1.807, 2.05) is 6.07 Å². The van der Waals surface area contributed by atoms with E-state index in [9.17, 15) is 0 Å². The van der Waals surface area contributed by atoms with Crippen LogP contribution in [-0.4, -0.2) is 5.43 Å². The molecule has 4 heteroatoms. The minimum atomic E-state index is 0. The molecule has 0 aliphatic heterocycles. The van der Waals surface area contributed by atoms with E-state index in [1.54, 1.807) is 23.3 Å². The Bertz CT molecular complexity index is 1660. The fraction of sp³-hybridized carbons (Fsp3) is 0.114. The van der Waals surface area contributed by atoms with Crippen LogP contribution < -0.4 is 24.8 Å². The van der Waals surface area contributed by atoms with E-state index in [0.29, 0.717) is 0 Å². The summed E-state index contributed by atoms with van der Waals surface area (Å²) in [6.45, 7) is 6.78. The second kappa shape index (κ2) is 14.3. The molecule has 0 N–H and O–H groups in total. The average molecular weight is 641 g/mol. The normalized spacial score (nSPS) is 10.6. The Hall–Kier alpha value is -2.35. The van der Waals surface area contributed by atoms with Gasteiger partial charge < -0.3 is 24.8 Å². The molecule has 0 saturated heterocycles. The molecule has 1 aliphatic rings. The second-order valence-electron chi connectivity index (χ2n) is 9.76. The number of rotatable bonds is 1. The molecule has 1 aliphatic carbocycles. The van der Waals surface area contributed by atoms with Crippen LogP contribution in [0.3, 0.4) is 0 Å². The van der Waals surface area contributed by atoms with Crippen molar-refractivity contribution in [3.8, 4) is 22.3 Å². The monoisotopic (exact) mass is 638 g/mol. The predicted molar refractivity (Wildman–Crippen MR) is 158 cm³/mol. The number of hydrogen-bond acceptors (Lipinski definition) is 0.